The van der Waals surface area contributed by atoms with Crippen molar-refractivity contribution in [3.05, 3.63) is 84.6 Å². The van der Waals surface area contributed by atoms with Crippen LogP contribution < -0.4 is 4.74 Å². The van der Waals surface area contributed by atoms with Crippen molar-refractivity contribution in [3.63, 3.8) is 0 Å². The van der Waals surface area contributed by atoms with Crippen molar-refractivity contribution in [2.45, 2.75) is 31.6 Å². The van der Waals surface area contributed by atoms with Crippen LogP contribution in [0.3, 0.4) is 0 Å². The summed E-state index contributed by atoms with van der Waals surface area (Å²) >= 11 is 0. The van der Waals surface area contributed by atoms with Gasteiger partial charge in [0, 0.05) is 24.2 Å². The highest BCUT2D eigenvalue weighted by atomic mass is 16.5. The molecule has 0 N–H and O–H groups in total. The first-order valence-electron chi connectivity index (χ1n) is 11.2. The zero-order valence-electron chi connectivity index (χ0n) is 18.1. The Labute approximate surface area is 184 Å². The van der Waals surface area contributed by atoms with Gasteiger partial charge in [-0.05, 0) is 66.6 Å². The van der Waals surface area contributed by atoms with E-state index in [2.05, 4.69) is 58.9 Å². The largest absolute Gasteiger partial charge is 0.497 e. The minimum absolute atomic E-state index is 0.0219. The summed E-state index contributed by atoms with van der Waals surface area (Å²) in [4.78, 5) is 7.22. The number of rotatable bonds is 7. The first-order chi connectivity index (χ1) is 15.3. The van der Waals surface area contributed by atoms with Crippen molar-refractivity contribution in [2.75, 3.05) is 20.2 Å². The van der Waals surface area contributed by atoms with Gasteiger partial charge >= 0.3 is 0 Å². The molecule has 0 radical (unpaired) electrons. The summed E-state index contributed by atoms with van der Waals surface area (Å²) in [6, 6.07) is 19.0. The monoisotopic (exact) mass is 414 g/mol. The van der Waals surface area contributed by atoms with Crippen LogP contribution in [0.15, 0.2) is 73.4 Å². The van der Waals surface area contributed by atoms with Gasteiger partial charge in [0.2, 0.25) is 0 Å². The molecule has 5 atom stereocenters. The number of methoxy groups -OCH3 is 1. The third-order valence-corrected chi connectivity index (χ3v) is 7.06. The van der Waals surface area contributed by atoms with Gasteiger partial charge in [-0.3, -0.25) is 9.88 Å². The topological polar surface area (TPSA) is 34.6 Å². The molecular formula is C27H30N2O2. The molecule has 0 spiro atoms. The van der Waals surface area contributed by atoms with Gasteiger partial charge in [-0.1, -0.05) is 36.4 Å². The lowest BCUT2D eigenvalue weighted by Gasteiger charge is -2.51. The molecule has 0 aliphatic carbocycles. The van der Waals surface area contributed by atoms with Gasteiger partial charge in [-0.25, -0.2) is 0 Å². The second kappa shape index (κ2) is 8.81. The second-order valence-corrected chi connectivity index (χ2v) is 8.75. The first-order valence-corrected chi connectivity index (χ1v) is 11.2. The Morgan fingerprint density at radius 3 is 2.81 bits per heavy atom. The van der Waals surface area contributed by atoms with Crippen LogP contribution in [0.5, 0.6) is 5.75 Å². The molecule has 160 valence electrons. The Kier molecular flexibility index (Phi) is 5.75. The zero-order valence-corrected chi connectivity index (χ0v) is 18.1. The van der Waals surface area contributed by atoms with Crippen molar-refractivity contribution >= 4 is 10.9 Å². The molecule has 0 amide bonds. The fourth-order valence-corrected chi connectivity index (χ4v) is 5.38. The molecule has 31 heavy (non-hydrogen) atoms. The van der Waals surface area contributed by atoms with E-state index < -0.39 is 0 Å². The van der Waals surface area contributed by atoms with E-state index in [1.165, 1.54) is 17.5 Å². The normalized spacial score (nSPS) is 26.0. The highest BCUT2D eigenvalue weighted by Crippen LogP contribution is 2.43. The maximum absolute atomic E-state index is 6.72. The van der Waals surface area contributed by atoms with E-state index in [0.717, 1.165) is 36.2 Å². The van der Waals surface area contributed by atoms with Crippen LogP contribution >= 0.6 is 0 Å². The van der Waals surface area contributed by atoms with Crippen molar-refractivity contribution in [1.29, 1.82) is 0 Å². The lowest BCUT2D eigenvalue weighted by atomic mass is 9.73. The molecule has 1 unspecified atom stereocenters. The number of ether oxygens (including phenoxy) is 2. The molecule has 2 aromatic carbocycles. The number of pyridine rings is 1. The van der Waals surface area contributed by atoms with Gasteiger partial charge in [0.05, 0.1) is 25.3 Å². The Morgan fingerprint density at radius 2 is 2.06 bits per heavy atom. The quantitative estimate of drug-likeness (QED) is 0.485. The number of nitrogens with zero attached hydrogens (tertiary/aromatic N) is 2. The maximum Gasteiger partial charge on any atom is 0.119 e. The molecule has 2 bridgehead atoms. The maximum atomic E-state index is 6.72. The molecule has 3 saturated heterocycles. The smallest absolute Gasteiger partial charge is 0.119 e. The number of fused-ring (bicyclic) bond motifs is 4. The number of benzene rings is 2. The lowest BCUT2D eigenvalue weighted by molar-refractivity contribution is -0.0803. The average molecular weight is 415 g/mol. The Bertz CT molecular complexity index is 1050. The van der Waals surface area contributed by atoms with Crippen LogP contribution in [0, 0.1) is 11.8 Å². The Morgan fingerprint density at radius 1 is 1.19 bits per heavy atom. The second-order valence-electron chi connectivity index (χ2n) is 8.75. The van der Waals surface area contributed by atoms with E-state index in [0.29, 0.717) is 24.5 Å². The minimum Gasteiger partial charge on any atom is -0.497 e. The fourth-order valence-electron chi connectivity index (χ4n) is 5.38. The molecule has 4 heterocycles. The number of hydrogen-bond acceptors (Lipinski definition) is 4. The van der Waals surface area contributed by atoms with Crippen molar-refractivity contribution < 1.29 is 9.47 Å². The molecule has 3 aliphatic rings. The SMILES string of the molecule is C=C[C@H]1CN2CC[C@H]1C[C@H]2[C@H](OCc1ccccc1)c1ccnc2ccc(OC)cc12. The van der Waals surface area contributed by atoms with Gasteiger partial charge < -0.3 is 9.47 Å². The summed E-state index contributed by atoms with van der Waals surface area (Å²) in [6.07, 6.45) is 6.44. The predicted molar refractivity (Wildman–Crippen MR) is 124 cm³/mol. The number of aromatic nitrogens is 1. The minimum atomic E-state index is -0.0219. The molecule has 6 rings (SSSR count). The van der Waals surface area contributed by atoms with E-state index >= 15 is 0 Å². The summed E-state index contributed by atoms with van der Waals surface area (Å²) < 4.78 is 12.2. The summed E-state index contributed by atoms with van der Waals surface area (Å²) in [5.74, 6) is 2.13. The van der Waals surface area contributed by atoms with Gasteiger partial charge in [0.1, 0.15) is 5.75 Å². The van der Waals surface area contributed by atoms with Crippen LogP contribution in [-0.2, 0) is 11.3 Å². The molecular weight excluding hydrogens is 384 g/mol. The number of hydrogen-bond donors (Lipinski definition) is 0. The van der Waals surface area contributed by atoms with E-state index in [4.69, 9.17) is 9.47 Å². The predicted octanol–water partition coefficient (Wildman–Crippen LogP) is 5.40. The van der Waals surface area contributed by atoms with Crippen molar-refractivity contribution in [1.82, 2.24) is 9.88 Å². The zero-order chi connectivity index (χ0) is 21.2. The van der Waals surface area contributed by atoms with Gasteiger partial charge in [0.25, 0.3) is 0 Å². The van der Waals surface area contributed by atoms with Gasteiger partial charge in [-0.15, -0.1) is 6.58 Å². The fraction of sp³-hybridized carbons (Fsp3) is 0.370. The van der Waals surface area contributed by atoms with Crippen LogP contribution in [0.2, 0.25) is 0 Å². The average Bonchev–Trinajstić information content (AvgIpc) is 2.85. The first kappa shape index (κ1) is 20.2. The Balaban J connectivity index is 1.53. The van der Waals surface area contributed by atoms with Crippen molar-refractivity contribution in [2.24, 2.45) is 11.8 Å². The molecule has 0 saturated carbocycles. The van der Waals surface area contributed by atoms with Gasteiger partial charge in [-0.2, -0.15) is 0 Å². The molecule has 4 nitrogen and oxygen atoms in total. The highest BCUT2D eigenvalue weighted by Gasteiger charge is 2.43. The summed E-state index contributed by atoms with van der Waals surface area (Å²) in [5.41, 5.74) is 3.38. The third kappa shape index (κ3) is 3.98. The van der Waals surface area contributed by atoms with Crippen LogP contribution in [0.1, 0.15) is 30.1 Å². The molecule has 3 aromatic rings. The highest BCUT2D eigenvalue weighted by molar-refractivity contribution is 5.84. The van der Waals surface area contributed by atoms with Crippen LogP contribution in [-0.4, -0.2) is 36.1 Å². The van der Waals surface area contributed by atoms with E-state index in [-0.39, 0.29) is 6.10 Å². The summed E-state index contributed by atoms with van der Waals surface area (Å²) in [5, 5.41) is 1.11. The van der Waals surface area contributed by atoms with Crippen LogP contribution in [0.4, 0.5) is 0 Å². The van der Waals surface area contributed by atoms with E-state index in [1.54, 1.807) is 7.11 Å². The van der Waals surface area contributed by atoms with E-state index in [1.807, 2.05) is 24.4 Å². The summed E-state index contributed by atoms with van der Waals surface area (Å²) in [7, 11) is 1.71. The third-order valence-electron chi connectivity index (χ3n) is 7.06. The Hall–Kier alpha value is -2.69. The molecule has 1 aromatic heterocycles. The van der Waals surface area contributed by atoms with Crippen molar-refractivity contribution in [3.8, 4) is 5.75 Å². The number of piperidine rings is 3. The lowest BCUT2D eigenvalue weighted by Crippen LogP contribution is -2.55. The summed E-state index contributed by atoms with van der Waals surface area (Å²) in [6.45, 7) is 6.90. The standard InChI is InChI=1S/C27H30N2O2/c1-3-20-17-29-14-12-21(20)15-26(29)27(31-18-19-7-5-4-6-8-19)23-11-13-28-25-10-9-22(30-2)16-24(23)25/h3-11,13,16,20-21,26-27H,1,12,14-15,17-18H2,2H3/t20-,21-,26-,27+/m0/s1. The molecule has 3 fully saturated rings. The molecule has 4 heteroatoms. The van der Waals surface area contributed by atoms with Gasteiger partial charge in [0.15, 0.2) is 0 Å². The van der Waals surface area contributed by atoms with Crippen LogP contribution in [0.25, 0.3) is 10.9 Å². The van der Waals surface area contributed by atoms with E-state index in [9.17, 15) is 0 Å². The molecule has 3 aliphatic heterocycles.